The Bertz CT molecular complexity index is 701. The molecule has 0 unspecified atom stereocenters. The Morgan fingerprint density at radius 2 is 1.54 bits per heavy atom. The molecule has 3 rings (SSSR count). The van der Waals surface area contributed by atoms with Crippen LogP contribution in [0.3, 0.4) is 0 Å². The van der Waals surface area contributed by atoms with Gasteiger partial charge in [0.25, 0.3) is 0 Å². The summed E-state index contributed by atoms with van der Waals surface area (Å²) in [5.41, 5.74) is 5.25. The summed E-state index contributed by atoms with van der Waals surface area (Å²) in [5.74, 6) is 1.53. The molecule has 136 valence electrons. The first kappa shape index (κ1) is 18.7. The summed E-state index contributed by atoms with van der Waals surface area (Å²) >= 11 is 0. The van der Waals surface area contributed by atoms with Crippen molar-refractivity contribution in [2.45, 2.75) is 45.1 Å². The third kappa shape index (κ3) is 4.95. The van der Waals surface area contributed by atoms with E-state index in [1.54, 1.807) is 6.08 Å². The van der Waals surface area contributed by atoms with Crippen LogP contribution < -0.4 is 0 Å². The number of ether oxygens (including phenoxy) is 1. The van der Waals surface area contributed by atoms with Crippen LogP contribution in [0.25, 0.3) is 11.1 Å². The molecular weight excluding hydrogens is 316 g/mol. The molecule has 0 atom stereocenters. The van der Waals surface area contributed by atoms with Crippen LogP contribution in [0.5, 0.6) is 0 Å². The molecule has 0 heterocycles. The van der Waals surface area contributed by atoms with E-state index in [0.717, 1.165) is 11.8 Å². The van der Waals surface area contributed by atoms with E-state index < -0.39 is 0 Å². The van der Waals surface area contributed by atoms with Gasteiger partial charge in [-0.05, 0) is 66.7 Å². The summed E-state index contributed by atoms with van der Waals surface area (Å²) in [6.07, 6.45) is 11.6. The first-order chi connectivity index (χ1) is 12.8. The molecule has 1 fully saturated rings. The second kappa shape index (κ2) is 9.54. The highest BCUT2D eigenvalue weighted by atomic mass is 16.5. The fraction of sp³-hybridized carbons (Fsp3) is 0.360. The molecule has 2 aromatic rings. The van der Waals surface area contributed by atoms with E-state index in [1.807, 2.05) is 0 Å². The Labute approximate surface area is 158 Å². The van der Waals surface area contributed by atoms with Gasteiger partial charge in [-0.25, -0.2) is 0 Å². The Hall–Kier alpha value is -2.12. The third-order valence-electron chi connectivity index (χ3n) is 5.41. The van der Waals surface area contributed by atoms with Crippen LogP contribution in [-0.2, 0) is 11.3 Å². The molecule has 2 aromatic carbocycles. The van der Waals surface area contributed by atoms with Gasteiger partial charge >= 0.3 is 0 Å². The van der Waals surface area contributed by atoms with Gasteiger partial charge in [-0.1, -0.05) is 66.8 Å². The van der Waals surface area contributed by atoms with Crippen LogP contribution in [0.4, 0.5) is 0 Å². The lowest BCUT2D eigenvalue weighted by Gasteiger charge is -2.27. The highest BCUT2D eigenvalue weighted by Gasteiger charge is 2.20. The minimum absolute atomic E-state index is 0.597. The first-order valence-electron chi connectivity index (χ1n) is 9.81. The third-order valence-corrected chi connectivity index (χ3v) is 5.41. The molecule has 0 aliphatic heterocycles. The van der Waals surface area contributed by atoms with Gasteiger partial charge in [0, 0.05) is 0 Å². The van der Waals surface area contributed by atoms with E-state index in [4.69, 9.17) is 4.74 Å². The second-order valence-electron chi connectivity index (χ2n) is 7.26. The molecule has 1 nitrogen and oxygen atoms in total. The van der Waals surface area contributed by atoms with Crippen molar-refractivity contribution in [3.05, 3.63) is 84.5 Å². The van der Waals surface area contributed by atoms with Crippen molar-refractivity contribution >= 4 is 0 Å². The van der Waals surface area contributed by atoms with Gasteiger partial charge in [-0.15, -0.1) is 6.58 Å². The van der Waals surface area contributed by atoms with Crippen LogP contribution >= 0.6 is 0 Å². The molecule has 0 saturated heterocycles. The Morgan fingerprint density at radius 1 is 0.923 bits per heavy atom. The molecule has 1 aliphatic rings. The fourth-order valence-corrected chi connectivity index (χ4v) is 3.92. The van der Waals surface area contributed by atoms with Crippen molar-refractivity contribution in [3.8, 4) is 11.1 Å². The largest absolute Gasteiger partial charge is 0.373 e. The van der Waals surface area contributed by atoms with Gasteiger partial charge in [0.05, 0.1) is 13.2 Å². The molecule has 26 heavy (non-hydrogen) atoms. The van der Waals surface area contributed by atoms with Crippen LogP contribution in [0, 0.1) is 5.92 Å². The lowest BCUT2D eigenvalue weighted by Crippen LogP contribution is -2.11. The normalized spacial score (nSPS) is 20.3. The number of hydrogen-bond acceptors (Lipinski definition) is 1. The smallest absolute Gasteiger partial charge is 0.0721 e. The maximum absolute atomic E-state index is 5.50. The zero-order chi connectivity index (χ0) is 18.2. The zero-order valence-corrected chi connectivity index (χ0v) is 15.9. The molecule has 1 heteroatoms. The van der Waals surface area contributed by atoms with Crippen LogP contribution in [0.2, 0.25) is 0 Å². The monoisotopic (exact) mass is 346 g/mol. The summed E-state index contributed by atoms with van der Waals surface area (Å²) in [6, 6.07) is 17.9. The summed E-state index contributed by atoms with van der Waals surface area (Å²) < 4.78 is 5.50. The maximum atomic E-state index is 5.50. The summed E-state index contributed by atoms with van der Waals surface area (Å²) in [4.78, 5) is 0. The maximum Gasteiger partial charge on any atom is 0.0721 e. The second-order valence-corrected chi connectivity index (χ2v) is 7.26. The molecule has 1 saturated carbocycles. The van der Waals surface area contributed by atoms with Crippen LogP contribution in [0.1, 0.15) is 49.7 Å². The highest BCUT2D eigenvalue weighted by Crippen LogP contribution is 2.36. The molecule has 1 aliphatic carbocycles. The highest BCUT2D eigenvalue weighted by molar-refractivity contribution is 5.64. The minimum Gasteiger partial charge on any atom is -0.373 e. The van der Waals surface area contributed by atoms with Gasteiger partial charge in [-0.3, -0.25) is 0 Å². The van der Waals surface area contributed by atoms with Gasteiger partial charge in [0.1, 0.15) is 0 Å². The number of benzene rings is 2. The Balaban J connectivity index is 1.60. The molecule has 0 N–H and O–H groups in total. The minimum atomic E-state index is 0.597. The number of hydrogen-bond donors (Lipinski definition) is 0. The predicted octanol–water partition coefficient (Wildman–Crippen LogP) is 6.91. The van der Waals surface area contributed by atoms with E-state index in [0.29, 0.717) is 13.2 Å². The van der Waals surface area contributed by atoms with Crippen LogP contribution in [0.15, 0.2) is 73.3 Å². The Kier molecular flexibility index (Phi) is 6.85. The summed E-state index contributed by atoms with van der Waals surface area (Å²) in [6.45, 7) is 7.04. The van der Waals surface area contributed by atoms with Gasteiger partial charge < -0.3 is 4.74 Å². The summed E-state index contributed by atoms with van der Waals surface area (Å²) in [5, 5.41) is 0. The summed E-state index contributed by atoms with van der Waals surface area (Å²) in [7, 11) is 0. The van der Waals surface area contributed by atoms with Crippen LogP contribution in [-0.4, -0.2) is 6.61 Å². The molecule has 0 spiro atoms. The topological polar surface area (TPSA) is 9.23 Å². The zero-order valence-electron chi connectivity index (χ0n) is 15.9. The molecule has 0 bridgehead atoms. The van der Waals surface area contributed by atoms with E-state index in [1.165, 1.54) is 47.9 Å². The fourth-order valence-electron chi connectivity index (χ4n) is 3.92. The first-order valence-corrected chi connectivity index (χ1v) is 9.81. The van der Waals surface area contributed by atoms with Gasteiger partial charge in [-0.2, -0.15) is 0 Å². The van der Waals surface area contributed by atoms with Crippen molar-refractivity contribution in [2.75, 3.05) is 6.61 Å². The average molecular weight is 347 g/mol. The molecule has 0 amide bonds. The van der Waals surface area contributed by atoms with Crippen molar-refractivity contribution in [1.29, 1.82) is 0 Å². The molecular formula is C25H30O. The van der Waals surface area contributed by atoms with E-state index in [2.05, 4.69) is 74.2 Å². The van der Waals surface area contributed by atoms with Gasteiger partial charge in [0.15, 0.2) is 0 Å². The number of allylic oxidation sites excluding steroid dienone is 2. The number of rotatable bonds is 7. The molecule has 0 aromatic heterocycles. The van der Waals surface area contributed by atoms with E-state index in [9.17, 15) is 0 Å². The quantitative estimate of drug-likeness (QED) is 0.391. The molecule has 0 radical (unpaired) electrons. The predicted molar refractivity (Wildman–Crippen MR) is 111 cm³/mol. The van der Waals surface area contributed by atoms with Crippen molar-refractivity contribution in [2.24, 2.45) is 5.92 Å². The van der Waals surface area contributed by atoms with Crippen molar-refractivity contribution in [1.82, 2.24) is 0 Å². The lowest BCUT2D eigenvalue weighted by atomic mass is 9.78. The average Bonchev–Trinajstić information content (AvgIpc) is 2.70. The van der Waals surface area contributed by atoms with E-state index in [-0.39, 0.29) is 0 Å². The van der Waals surface area contributed by atoms with Gasteiger partial charge in [0.2, 0.25) is 0 Å². The van der Waals surface area contributed by atoms with Crippen molar-refractivity contribution in [3.63, 3.8) is 0 Å². The Morgan fingerprint density at radius 3 is 2.12 bits per heavy atom. The lowest BCUT2D eigenvalue weighted by molar-refractivity contribution is 0.149. The SMILES string of the molecule is C=CCOCc1ccc(-c2ccc([C@H]3CC[C@H](C=CC)CC3)cc2)cc1. The standard InChI is InChI=1S/C25H30O/c1-3-5-20-6-10-22(11-7-20)24-14-16-25(17-15-24)23-12-8-21(9-13-23)19-26-18-4-2/h3-5,8-9,12-17,20,22H,2,6-7,10-11,18-19H2,1H3/t20-,22-. The van der Waals surface area contributed by atoms with E-state index >= 15 is 0 Å². The van der Waals surface area contributed by atoms with Crippen molar-refractivity contribution < 1.29 is 4.74 Å².